The molecule has 9 heteroatoms. The van der Waals surface area contributed by atoms with Crippen molar-refractivity contribution < 1.29 is 38.7 Å². The van der Waals surface area contributed by atoms with Crippen molar-refractivity contribution in [1.82, 2.24) is 0 Å². The lowest BCUT2D eigenvalue weighted by Crippen LogP contribution is -2.35. The zero-order valence-corrected chi connectivity index (χ0v) is 9.70. The fraction of sp³-hybridized carbons (Fsp3) is 0.200. The maximum atomic E-state index is 11.1. The van der Waals surface area contributed by atoms with Crippen molar-refractivity contribution in [3.05, 3.63) is 25.3 Å². The number of carbonyl (C=O) groups is 4. The zero-order valence-electron chi connectivity index (χ0n) is 9.70. The highest BCUT2D eigenvalue weighted by molar-refractivity contribution is 5.85. The van der Waals surface area contributed by atoms with E-state index in [1.54, 1.807) is 0 Å². The van der Waals surface area contributed by atoms with Gasteiger partial charge in [-0.25, -0.2) is 38.7 Å². The minimum absolute atomic E-state index is 0.658. The molecule has 0 rings (SSSR count). The van der Waals surface area contributed by atoms with Gasteiger partial charge in [0.25, 0.3) is 0 Å². The SMILES string of the molecule is C=CC(=O)OOC(=O)CC(N)C(=O)OOC(=O)C=C. The molecular weight excluding hydrogens is 262 g/mol. The molecule has 0 aromatic heterocycles. The van der Waals surface area contributed by atoms with Crippen molar-refractivity contribution in [2.45, 2.75) is 12.5 Å². The van der Waals surface area contributed by atoms with Gasteiger partial charge in [-0.15, -0.1) is 0 Å². The molecule has 0 aliphatic heterocycles. The van der Waals surface area contributed by atoms with E-state index < -0.39 is 36.3 Å². The summed E-state index contributed by atoms with van der Waals surface area (Å²) < 4.78 is 0. The monoisotopic (exact) mass is 273 g/mol. The van der Waals surface area contributed by atoms with Gasteiger partial charge in [-0.05, 0) is 0 Å². The summed E-state index contributed by atoms with van der Waals surface area (Å²) in [5.41, 5.74) is 5.23. The number of rotatable bonds is 5. The van der Waals surface area contributed by atoms with Crippen LogP contribution in [-0.4, -0.2) is 29.9 Å². The first kappa shape index (κ1) is 16.3. The van der Waals surface area contributed by atoms with Crippen molar-refractivity contribution in [1.29, 1.82) is 0 Å². The van der Waals surface area contributed by atoms with Gasteiger partial charge in [0, 0.05) is 12.2 Å². The fourth-order valence-corrected chi connectivity index (χ4v) is 0.596. The normalized spacial score (nSPS) is 10.6. The van der Waals surface area contributed by atoms with Crippen LogP contribution in [0, 0.1) is 0 Å². The fourth-order valence-electron chi connectivity index (χ4n) is 0.596. The second-order valence-electron chi connectivity index (χ2n) is 2.88. The van der Waals surface area contributed by atoms with Crippen molar-refractivity contribution in [2.24, 2.45) is 5.73 Å². The van der Waals surface area contributed by atoms with Crippen LogP contribution in [-0.2, 0) is 38.7 Å². The molecular formula is C10H11NO8. The number of nitrogens with two attached hydrogens (primary N) is 1. The van der Waals surface area contributed by atoms with E-state index in [1.165, 1.54) is 0 Å². The van der Waals surface area contributed by atoms with E-state index in [-0.39, 0.29) is 0 Å². The molecule has 0 spiro atoms. The third-order valence-corrected chi connectivity index (χ3v) is 1.45. The van der Waals surface area contributed by atoms with Crippen LogP contribution in [0.25, 0.3) is 0 Å². The van der Waals surface area contributed by atoms with Crippen LogP contribution < -0.4 is 5.73 Å². The van der Waals surface area contributed by atoms with Crippen LogP contribution in [0.5, 0.6) is 0 Å². The third-order valence-electron chi connectivity index (χ3n) is 1.45. The summed E-state index contributed by atoms with van der Waals surface area (Å²) in [4.78, 5) is 59.1. The summed E-state index contributed by atoms with van der Waals surface area (Å²) in [5.74, 6) is -4.30. The molecule has 0 aliphatic rings. The quantitative estimate of drug-likeness (QED) is 0.383. The van der Waals surface area contributed by atoms with Gasteiger partial charge in [0.2, 0.25) is 0 Å². The van der Waals surface area contributed by atoms with Gasteiger partial charge in [0.1, 0.15) is 6.04 Å². The minimum atomic E-state index is -1.47. The van der Waals surface area contributed by atoms with Crippen LogP contribution >= 0.6 is 0 Å². The summed E-state index contributed by atoms with van der Waals surface area (Å²) in [6.07, 6.45) is 0.854. The van der Waals surface area contributed by atoms with Gasteiger partial charge in [-0.1, -0.05) is 13.2 Å². The van der Waals surface area contributed by atoms with Gasteiger partial charge < -0.3 is 5.73 Å². The first-order valence-electron chi connectivity index (χ1n) is 4.74. The van der Waals surface area contributed by atoms with Gasteiger partial charge >= 0.3 is 23.9 Å². The van der Waals surface area contributed by atoms with E-state index in [1.807, 2.05) is 0 Å². The highest BCUT2D eigenvalue weighted by atomic mass is 17.2. The summed E-state index contributed by atoms with van der Waals surface area (Å²) in [6.45, 7) is 6.11. The number of carbonyl (C=O) groups excluding carboxylic acids is 4. The summed E-state index contributed by atoms with van der Waals surface area (Å²) in [5, 5.41) is 0. The molecule has 9 nitrogen and oxygen atoms in total. The van der Waals surface area contributed by atoms with E-state index >= 15 is 0 Å². The highest BCUT2D eigenvalue weighted by Gasteiger charge is 2.23. The Morgan fingerprint density at radius 1 is 0.947 bits per heavy atom. The largest absolute Gasteiger partial charge is 0.378 e. The lowest BCUT2D eigenvalue weighted by atomic mass is 10.2. The number of hydrogen-bond acceptors (Lipinski definition) is 9. The maximum Gasteiger partial charge on any atom is 0.378 e. The van der Waals surface area contributed by atoms with Crippen LogP contribution in [0.4, 0.5) is 0 Å². The van der Waals surface area contributed by atoms with E-state index in [2.05, 4.69) is 32.7 Å². The van der Waals surface area contributed by atoms with Gasteiger partial charge in [-0.3, -0.25) is 0 Å². The van der Waals surface area contributed by atoms with Gasteiger partial charge in [0.05, 0.1) is 6.42 Å². The Balaban J connectivity index is 4.03. The third kappa shape index (κ3) is 7.28. The lowest BCUT2D eigenvalue weighted by molar-refractivity contribution is -0.260. The van der Waals surface area contributed by atoms with Crippen molar-refractivity contribution in [3.8, 4) is 0 Å². The Labute approximate surface area is 107 Å². The average Bonchev–Trinajstić information content (AvgIpc) is 2.41. The van der Waals surface area contributed by atoms with Crippen LogP contribution in [0.3, 0.4) is 0 Å². The standard InChI is InChI=1S/C10H11NO8/c1-3-7(12)16-18-9(14)5-6(11)10(15)19-17-8(13)4-2/h3-4,6H,1-2,5,11H2. The Morgan fingerprint density at radius 3 is 1.89 bits per heavy atom. The summed E-state index contributed by atoms with van der Waals surface area (Å²) in [6, 6.07) is -1.47. The summed E-state index contributed by atoms with van der Waals surface area (Å²) in [7, 11) is 0. The molecule has 0 amide bonds. The first-order chi connectivity index (χ1) is 8.90. The molecule has 0 aromatic carbocycles. The number of hydrogen-bond donors (Lipinski definition) is 1. The summed E-state index contributed by atoms with van der Waals surface area (Å²) >= 11 is 0. The van der Waals surface area contributed by atoms with Crippen molar-refractivity contribution in [3.63, 3.8) is 0 Å². The molecule has 19 heavy (non-hydrogen) atoms. The van der Waals surface area contributed by atoms with E-state index in [4.69, 9.17) is 5.73 Å². The Hall–Kier alpha value is -2.68. The van der Waals surface area contributed by atoms with Gasteiger partial charge in [-0.2, -0.15) is 0 Å². The molecule has 1 unspecified atom stereocenters. The topological polar surface area (TPSA) is 131 Å². The average molecular weight is 273 g/mol. The second kappa shape index (κ2) is 8.42. The van der Waals surface area contributed by atoms with Gasteiger partial charge in [0.15, 0.2) is 0 Å². The molecule has 0 radical (unpaired) electrons. The molecule has 0 saturated carbocycles. The molecule has 2 N–H and O–H groups in total. The van der Waals surface area contributed by atoms with Crippen molar-refractivity contribution in [2.75, 3.05) is 0 Å². The Kier molecular flexibility index (Phi) is 7.23. The minimum Gasteiger partial charge on any atom is -0.318 e. The molecule has 0 aromatic rings. The molecule has 0 saturated heterocycles. The van der Waals surface area contributed by atoms with Crippen LogP contribution in [0.15, 0.2) is 25.3 Å². The smallest absolute Gasteiger partial charge is 0.318 e. The predicted octanol–water partition coefficient (Wildman–Crippen LogP) is -0.921. The van der Waals surface area contributed by atoms with Crippen LogP contribution in [0.2, 0.25) is 0 Å². The molecule has 0 aliphatic carbocycles. The molecule has 0 bridgehead atoms. The Bertz CT molecular complexity index is 402. The first-order valence-corrected chi connectivity index (χ1v) is 4.74. The van der Waals surface area contributed by atoms with Crippen molar-refractivity contribution >= 4 is 23.9 Å². The zero-order chi connectivity index (χ0) is 14.8. The second-order valence-corrected chi connectivity index (χ2v) is 2.88. The van der Waals surface area contributed by atoms with E-state index in [9.17, 15) is 19.2 Å². The van der Waals surface area contributed by atoms with E-state index in [0.717, 1.165) is 12.2 Å². The van der Waals surface area contributed by atoms with E-state index in [0.29, 0.717) is 0 Å². The predicted molar refractivity (Wildman–Crippen MR) is 57.4 cm³/mol. The Morgan fingerprint density at radius 2 is 1.42 bits per heavy atom. The molecule has 0 fully saturated rings. The maximum absolute atomic E-state index is 11.1. The molecule has 104 valence electrons. The van der Waals surface area contributed by atoms with Crippen LogP contribution in [0.1, 0.15) is 6.42 Å². The lowest BCUT2D eigenvalue weighted by Gasteiger charge is -2.07. The molecule has 0 heterocycles. The highest BCUT2D eigenvalue weighted by Crippen LogP contribution is 1.97. The molecule has 1 atom stereocenters.